The molecule has 0 aliphatic heterocycles. The third kappa shape index (κ3) is 3.46. The minimum Gasteiger partial charge on any atom is -0.395 e. The van der Waals surface area contributed by atoms with E-state index in [9.17, 15) is 0 Å². The van der Waals surface area contributed by atoms with Crippen molar-refractivity contribution in [2.75, 3.05) is 13.2 Å². The molecule has 0 radical (unpaired) electrons. The SMILES string of the molecule is CC(OCC(N)CO)c1ccccc1. The summed E-state index contributed by atoms with van der Waals surface area (Å²) in [4.78, 5) is 0. The molecule has 3 N–H and O–H groups in total. The van der Waals surface area contributed by atoms with Crippen LogP contribution in [0.15, 0.2) is 30.3 Å². The second kappa shape index (κ2) is 5.75. The second-order valence-corrected chi connectivity index (χ2v) is 3.33. The molecule has 0 aliphatic rings. The van der Waals surface area contributed by atoms with Gasteiger partial charge in [0.1, 0.15) is 0 Å². The predicted molar refractivity (Wildman–Crippen MR) is 55.9 cm³/mol. The molecule has 1 rings (SSSR count). The fourth-order valence-corrected chi connectivity index (χ4v) is 1.14. The summed E-state index contributed by atoms with van der Waals surface area (Å²) in [5.74, 6) is 0. The van der Waals surface area contributed by atoms with Gasteiger partial charge in [-0.25, -0.2) is 0 Å². The van der Waals surface area contributed by atoms with Gasteiger partial charge in [0, 0.05) is 0 Å². The highest BCUT2D eigenvalue weighted by atomic mass is 16.5. The lowest BCUT2D eigenvalue weighted by Crippen LogP contribution is -2.30. The van der Waals surface area contributed by atoms with Crippen molar-refractivity contribution in [1.29, 1.82) is 0 Å². The molecule has 0 heterocycles. The van der Waals surface area contributed by atoms with E-state index >= 15 is 0 Å². The van der Waals surface area contributed by atoms with Crippen LogP contribution in [0.5, 0.6) is 0 Å². The Morgan fingerprint density at radius 2 is 2.00 bits per heavy atom. The van der Waals surface area contributed by atoms with E-state index in [-0.39, 0.29) is 18.8 Å². The van der Waals surface area contributed by atoms with E-state index in [4.69, 9.17) is 15.6 Å². The average molecular weight is 195 g/mol. The van der Waals surface area contributed by atoms with Gasteiger partial charge in [-0.3, -0.25) is 0 Å². The summed E-state index contributed by atoms with van der Waals surface area (Å²) in [7, 11) is 0. The number of aliphatic hydroxyl groups is 1. The first-order valence-electron chi connectivity index (χ1n) is 4.77. The zero-order valence-corrected chi connectivity index (χ0v) is 8.39. The van der Waals surface area contributed by atoms with Crippen molar-refractivity contribution in [2.45, 2.75) is 19.1 Å². The summed E-state index contributed by atoms with van der Waals surface area (Å²) < 4.78 is 5.50. The highest BCUT2D eigenvalue weighted by Crippen LogP contribution is 2.15. The van der Waals surface area contributed by atoms with Crippen molar-refractivity contribution in [2.24, 2.45) is 5.73 Å². The molecule has 0 saturated carbocycles. The third-order valence-corrected chi connectivity index (χ3v) is 2.06. The molecule has 0 spiro atoms. The molecule has 1 aromatic carbocycles. The Bertz CT molecular complexity index is 251. The Hall–Kier alpha value is -0.900. The van der Waals surface area contributed by atoms with Gasteiger partial charge in [0.05, 0.1) is 25.4 Å². The molecular formula is C11H17NO2. The normalized spacial score (nSPS) is 15.1. The van der Waals surface area contributed by atoms with Crippen LogP contribution >= 0.6 is 0 Å². The molecule has 78 valence electrons. The van der Waals surface area contributed by atoms with Gasteiger partial charge in [-0.1, -0.05) is 30.3 Å². The fraction of sp³-hybridized carbons (Fsp3) is 0.455. The molecule has 0 aliphatic carbocycles. The van der Waals surface area contributed by atoms with Crippen molar-refractivity contribution < 1.29 is 9.84 Å². The highest BCUT2D eigenvalue weighted by molar-refractivity contribution is 5.16. The first-order valence-corrected chi connectivity index (χ1v) is 4.77. The van der Waals surface area contributed by atoms with Crippen molar-refractivity contribution >= 4 is 0 Å². The standard InChI is InChI=1S/C11H17NO2/c1-9(14-8-11(12)7-13)10-5-3-2-4-6-10/h2-6,9,11,13H,7-8,12H2,1H3. The maximum absolute atomic E-state index is 8.71. The van der Waals surface area contributed by atoms with E-state index in [1.807, 2.05) is 37.3 Å². The maximum atomic E-state index is 8.71. The predicted octanol–water partition coefficient (Wildman–Crippen LogP) is 1.08. The van der Waals surface area contributed by atoms with Crippen LogP contribution in [-0.2, 0) is 4.74 Å². The number of hydrogen-bond acceptors (Lipinski definition) is 3. The summed E-state index contributed by atoms with van der Waals surface area (Å²) in [5, 5.41) is 8.71. The third-order valence-electron chi connectivity index (χ3n) is 2.06. The van der Waals surface area contributed by atoms with Crippen molar-refractivity contribution in [3.05, 3.63) is 35.9 Å². The molecule has 1 aromatic rings. The molecule has 2 atom stereocenters. The number of aliphatic hydroxyl groups excluding tert-OH is 1. The summed E-state index contributed by atoms with van der Waals surface area (Å²) >= 11 is 0. The summed E-state index contributed by atoms with van der Waals surface area (Å²) in [6.07, 6.45) is 0.0220. The molecule has 3 heteroatoms. The number of rotatable bonds is 5. The van der Waals surface area contributed by atoms with E-state index in [0.717, 1.165) is 5.56 Å². The van der Waals surface area contributed by atoms with Crippen molar-refractivity contribution in [3.8, 4) is 0 Å². The van der Waals surface area contributed by atoms with Gasteiger partial charge >= 0.3 is 0 Å². The number of ether oxygens (including phenoxy) is 1. The van der Waals surface area contributed by atoms with Gasteiger partial charge in [-0.05, 0) is 12.5 Å². The first-order chi connectivity index (χ1) is 6.74. The lowest BCUT2D eigenvalue weighted by molar-refractivity contribution is 0.0448. The molecule has 0 amide bonds. The molecule has 2 unspecified atom stereocenters. The van der Waals surface area contributed by atoms with Gasteiger partial charge in [-0.15, -0.1) is 0 Å². The Morgan fingerprint density at radius 3 is 2.57 bits per heavy atom. The molecule has 3 nitrogen and oxygen atoms in total. The second-order valence-electron chi connectivity index (χ2n) is 3.33. The van der Waals surface area contributed by atoms with Crippen molar-refractivity contribution in [3.63, 3.8) is 0 Å². The zero-order chi connectivity index (χ0) is 10.4. The lowest BCUT2D eigenvalue weighted by atomic mass is 10.1. The molecule has 0 bridgehead atoms. The number of benzene rings is 1. The van der Waals surface area contributed by atoms with Gasteiger partial charge in [0.15, 0.2) is 0 Å². The number of nitrogens with two attached hydrogens (primary N) is 1. The van der Waals surface area contributed by atoms with E-state index in [1.165, 1.54) is 0 Å². The highest BCUT2D eigenvalue weighted by Gasteiger charge is 2.07. The largest absolute Gasteiger partial charge is 0.395 e. The molecular weight excluding hydrogens is 178 g/mol. The van der Waals surface area contributed by atoms with E-state index in [1.54, 1.807) is 0 Å². The molecule has 0 aromatic heterocycles. The van der Waals surface area contributed by atoms with Gasteiger partial charge in [-0.2, -0.15) is 0 Å². The van der Waals surface area contributed by atoms with Crippen LogP contribution in [0, 0.1) is 0 Å². The summed E-state index contributed by atoms with van der Waals surface area (Å²) in [6.45, 7) is 2.31. The summed E-state index contributed by atoms with van der Waals surface area (Å²) in [5.41, 5.74) is 6.65. The Balaban J connectivity index is 2.39. The van der Waals surface area contributed by atoms with Crippen LogP contribution in [0.3, 0.4) is 0 Å². The van der Waals surface area contributed by atoms with Gasteiger partial charge < -0.3 is 15.6 Å². The monoisotopic (exact) mass is 195 g/mol. The average Bonchev–Trinajstić information content (AvgIpc) is 2.26. The van der Waals surface area contributed by atoms with Crippen molar-refractivity contribution in [1.82, 2.24) is 0 Å². The quantitative estimate of drug-likeness (QED) is 0.739. The lowest BCUT2D eigenvalue weighted by Gasteiger charge is -2.15. The Labute approximate surface area is 84.5 Å². The van der Waals surface area contributed by atoms with Crippen LogP contribution in [-0.4, -0.2) is 24.4 Å². The number of hydrogen-bond donors (Lipinski definition) is 2. The smallest absolute Gasteiger partial charge is 0.0797 e. The van der Waals surface area contributed by atoms with Crippen LogP contribution in [0.25, 0.3) is 0 Å². The van der Waals surface area contributed by atoms with Crippen LogP contribution in [0.4, 0.5) is 0 Å². The summed E-state index contributed by atoms with van der Waals surface area (Å²) in [6, 6.07) is 9.64. The fourth-order valence-electron chi connectivity index (χ4n) is 1.14. The van der Waals surface area contributed by atoms with Crippen LogP contribution in [0.1, 0.15) is 18.6 Å². The first kappa shape index (κ1) is 11.2. The topological polar surface area (TPSA) is 55.5 Å². The van der Waals surface area contributed by atoms with E-state index < -0.39 is 0 Å². The zero-order valence-electron chi connectivity index (χ0n) is 8.39. The molecule has 0 fully saturated rings. The molecule has 0 saturated heterocycles. The van der Waals surface area contributed by atoms with Crippen LogP contribution < -0.4 is 5.73 Å². The molecule has 14 heavy (non-hydrogen) atoms. The van der Waals surface area contributed by atoms with Gasteiger partial charge in [0.25, 0.3) is 0 Å². The Morgan fingerprint density at radius 1 is 1.36 bits per heavy atom. The van der Waals surface area contributed by atoms with Gasteiger partial charge in [0.2, 0.25) is 0 Å². The minimum absolute atomic E-state index is 0.0220. The van der Waals surface area contributed by atoms with E-state index in [0.29, 0.717) is 6.61 Å². The Kier molecular flexibility index (Phi) is 4.59. The maximum Gasteiger partial charge on any atom is 0.0797 e. The van der Waals surface area contributed by atoms with Crippen LogP contribution in [0.2, 0.25) is 0 Å². The minimum atomic E-state index is -0.291. The van der Waals surface area contributed by atoms with E-state index in [2.05, 4.69) is 0 Å².